The number of nitrogens with one attached hydrogen (secondary N) is 1. The van der Waals surface area contributed by atoms with Gasteiger partial charge in [-0.1, -0.05) is 18.2 Å². The summed E-state index contributed by atoms with van der Waals surface area (Å²) in [6, 6.07) is 8.56. The van der Waals surface area contributed by atoms with E-state index in [-0.39, 0.29) is 12.1 Å². The summed E-state index contributed by atoms with van der Waals surface area (Å²) < 4.78 is 5.75. The third-order valence-corrected chi connectivity index (χ3v) is 3.20. The molecular weight excluding hydrogens is 214 g/mol. The molecule has 0 radical (unpaired) electrons. The van der Waals surface area contributed by atoms with Gasteiger partial charge >= 0.3 is 0 Å². The molecule has 1 aliphatic carbocycles. The summed E-state index contributed by atoms with van der Waals surface area (Å²) in [6.45, 7) is 2.03. The molecule has 2 atom stereocenters. The molecule has 1 aromatic carbocycles. The molecule has 2 unspecified atom stereocenters. The van der Waals surface area contributed by atoms with Crippen molar-refractivity contribution in [2.24, 2.45) is 10.7 Å². The van der Waals surface area contributed by atoms with E-state index >= 15 is 0 Å². The van der Waals surface area contributed by atoms with Gasteiger partial charge in [0.1, 0.15) is 17.9 Å². The first kappa shape index (κ1) is 10.4. The zero-order valence-electron chi connectivity index (χ0n) is 9.89. The lowest BCUT2D eigenvalue weighted by molar-refractivity contribution is 0.229. The van der Waals surface area contributed by atoms with Crippen LogP contribution in [-0.4, -0.2) is 18.1 Å². The van der Waals surface area contributed by atoms with Gasteiger partial charge in [-0.2, -0.15) is 0 Å². The molecule has 17 heavy (non-hydrogen) atoms. The van der Waals surface area contributed by atoms with Crippen molar-refractivity contribution >= 4 is 5.96 Å². The van der Waals surface area contributed by atoms with Crippen LogP contribution in [-0.2, 0) is 0 Å². The van der Waals surface area contributed by atoms with E-state index in [0.717, 1.165) is 11.3 Å². The Kier molecular flexibility index (Phi) is 2.42. The maximum atomic E-state index is 5.90. The van der Waals surface area contributed by atoms with E-state index in [1.54, 1.807) is 0 Å². The van der Waals surface area contributed by atoms with Gasteiger partial charge in [0.05, 0.1) is 0 Å². The molecule has 4 nitrogen and oxygen atoms in total. The smallest absolute Gasteiger partial charge is 0.189 e. The lowest BCUT2D eigenvalue weighted by atomic mass is 10.1. The lowest BCUT2D eigenvalue weighted by Gasteiger charge is -2.12. The highest BCUT2D eigenvalue weighted by atomic mass is 16.5. The fourth-order valence-corrected chi connectivity index (χ4v) is 2.15. The molecule has 2 aliphatic rings. The summed E-state index contributed by atoms with van der Waals surface area (Å²) in [5, 5.41) is 3.20. The molecule has 0 amide bonds. The Morgan fingerprint density at radius 2 is 2.18 bits per heavy atom. The van der Waals surface area contributed by atoms with E-state index in [1.165, 1.54) is 12.8 Å². The van der Waals surface area contributed by atoms with Crippen molar-refractivity contribution in [1.82, 2.24) is 5.32 Å². The Labute approximate surface area is 101 Å². The number of benzene rings is 1. The van der Waals surface area contributed by atoms with E-state index in [2.05, 4.69) is 16.4 Å². The van der Waals surface area contributed by atoms with Gasteiger partial charge in [-0.05, 0) is 25.8 Å². The van der Waals surface area contributed by atoms with Crippen LogP contribution in [0.4, 0.5) is 0 Å². The molecule has 1 fully saturated rings. The first-order valence-corrected chi connectivity index (χ1v) is 6.09. The van der Waals surface area contributed by atoms with E-state index in [1.807, 2.05) is 25.1 Å². The van der Waals surface area contributed by atoms with Crippen molar-refractivity contribution in [1.29, 1.82) is 0 Å². The second-order valence-electron chi connectivity index (χ2n) is 4.74. The maximum absolute atomic E-state index is 5.90. The highest BCUT2D eigenvalue weighted by Gasteiger charge is 2.31. The molecule has 0 bridgehead atoms. The first-order valence-electron chi connectivity index (χ1n) is 6.09. The van der Waals surface area contributed by atoms with Gasteiger partial charge in [-0.25, -0.2) is 4.99 Å². The summed E-state index contributed by atoms with van der Waals surface area (Å²) in [5.74, 6) is 1.46. The molecule has 3 rings (SSSR count). The fraction of sp³-hybridized carbons (Fsp3) is 0.462. The Morgan fingerprint density at radius 1 is 1.41 bits per heavy atom. The van der Waals surface area contributed by atoms with Gasteiger partial charge in [0.25, 0.3) is 0 Å². The molecular formula is C13H17N3O. The molecule has 0 spiro atoms. The number of ether oxygens (including phenoxy) is 1. The monoisotopic (exact) mass is 231 g/mol. The van der Waals surface area contributed by atoms with Gasteiger partial charge in [-0.15, -0.1) is 0 Å². The van der Waals surface area contributed by atoms with Gasteiger partial charge in [0.15, 0.2) is 5.96 Å². The molecule has 4 heteroatoms. The SMILES string of the molecule is CC1Oc2ccccc2C1N=C(N)NC1CC1. The van der Waals surface area contributed by atoms with Crippen LogP contribution in [0.2, 0.25) is 0 Å². The van der Waals surface area contributed by atoms with Crippen molar-refractivity contribution in [3.63, 3.8) is 0 Å². The van der Waals surface area contributed by atoms with Gasteiger partial charge in [0, 0.05) is 11.6 Å². The maximum Gasteiger partial charge on any atom is 0.189 e. The Bertz CT molecular complexity index is 454. The van der Waals surface area contributed by atoms with Crippen LogP contribution in [0.15, 0.2) is 29.3 Å². The minimum atomic E-state index is 0.0115. The van der Waals surface area contributed by atoms with Crippen molar-refractivity contribution < 1.29 is 4.74 Å². The summed E-state index contributed by atoms with van der Waals surface area (Å²) in [6.07, 6.45) is 2.44. The Balaban J connectivity index is 1.82. The number of para-hydroxylation sites is 1. The van der Waals surface area contributed by atoms with Crippen LogP contribution in [0.5, 0.6) is 5.75 Å². The molecule has 0 saturated heterocycles. The van der Waals surface area contributed by atoms with Crippen molar-refractivity contribution in [2.45, 2.75) is 38.0 Å². The number of nitrogens with zero attached hydrogens (tertiary/aromatic N) is 1. The normalized spacial score (nSPS) is 27.5. The molecule has 0 aromatic heterocycles. The average molecular weight is 231 g/mol. The molecule has 1 heterocycles. The molecule has 1 saturated carbocycles. The number of hydrogen-bond donors (Lipinski definition) is 2. The summed E-state index contributed by atoms with van der Waals surface area (Å²) in [4.78, 5) is 4.54. The van der Waals surface area contributed by atoms with Gasteiger partial charge < -0.3 is 15.8 Å². The summed E-state index contributed by atoms with van der Waals surface area (Å²) >= 11 is 0. The standard InChI is InChI=1S/C13H17N3O/c1-8-12(16-13(14)15-9-6-7-9)10-4-2-3-5-11(10)17-8/h2-5,8-9,12H,6-7H2,1H3,(H3,14,15,16). The second-order valence-corrected chi connectivity index (χ2v) is 4.74. The van der Waals surface area contributed by atoms with Gasteiger partial charge in [0.2, 0.25) is 0 Å². The quantitative estimate of drug-likeness (QED) is 0.600. The number of aliphatic imine (C=N–C) groups is 1. The van der Waals surface area contributed by atoms with Crippen molar-refractivity contribution in [2.75, 3.05) is 0 Å². The lowest BCUT2D eigenvalue weighted by Crippen LogP contribution is -2.34. The molecule has 90 valence electrons. The van der Waals surface area contributed by atoms with Crippen LogP contribution in [0.3, 0.4) is 0 Å². The van der Waals surface area contributed by atoms with Crippen molar-refractivity contribution in [3.05, 3.63) is 29.8 Å². The zero-order chi connectivity index (χ0) is 11.8. The number of rotatable bonds is 2. The second kappa shape index (κ2) is 3.95. The fourth-order valence-electron chi connectivity index (χ4n) is 2.15. The minimum Gasteiger partial charge on any atom is -0.488 e. The Hall–Kier alpha value is -1.71. The molecule has 3 N–H and O–H groups in total. The summed E-state index contributed by atoms with van der Waals surface area (Å²) in [7, 11) is 0. The first-order chi connectivity index (χ1) is 8.24. The predicted octanol–water partition coefficient (Wildman–Crippen LogP) is 1.58. The van der Waals surface area contributed by atoms with Crippen LogP contribution in [0, 0.1) is 0 Å². The minimum absolute atomic E-state index is 0.0115. The van der Waals surface area contributed by atoms with E-state index in [9.17, 15) is 0 Å². The van der Waals surface area contributed by atoms with Crippen LogP contribution < -0.4 is 15.8 Å². The predicted molar refractivity (Wildman–Crippen MR) is 67.1 cm³/mol. The van der Waals surface area contributed by atoms with Crippen molar-refractivity contribution in [3.8, 4) is 5.75 Å². The van der Waals surface area contributed by atoms with Crippen LogP contribution in [0.1, 0.15) is 31.4 Å². The van der Waals surface area contributed by atoms with E-state index in [0.29, 0.717) is 12.0 Å². The molecule has 1 aliphatic heterocycles. The summed E-state index contributed by atoms with van der Waals surface area (Å²) in [5.41, 5.74) is 7.02. The van der Waals surface area contributed by atoms with Gasteiger partial charge in [-0.3, -0.25) is 0 Å². The highest BCUT2D eigenvalue weighted by Crippen LogP contribution is 2.38. The van der Waals surface area contributed by atoms with E-state index in [4.69, 9.17) is 10.5 Å². The number of guanidine groups is 1. The largest absolute Gasteiger partial charge is 0.488 e. The third-order valence-electron chi connectivity index (χ3n) is 3.20. The van der Waals surface area contributed by atoms with E-state index < -0.39 is 0 Å². The third kappa shape index (κ3) is 2.07. The van der Waals surface area contributed by atoms with Crippen LogP contribution >= 0.6 is 0 Å². The van der Waals surface area contributed by atoms with Crippen LogP contribution in [0.25, 0.3) is 0 Å². The molecule has 1 aromatic rings. The highest BCUT2D eigenvalue weighted by molar-refractivity contribution is 5.79. The average Bonchev–Trinajstić information content (AvgIpc) is 3.05. The Morgan fingerprint density at radius 3 is 2.94 bits per heavy atom. The number of hydrogen-bond acceptors (Lipinski definition) is 2. The topological polar surface area (TPSA) is 59.6 Å². The zero-order valence-corrected chi connectivity index (χ0v) is 9.89. The number of fused-ring (bicyclic) bond motifs is 1. The number of nitrogens with two attached hydrogens (primary N) is 1.